The summed E-state index contributed by atoms with van der Waals surface area (Å²) >= 11 is 1.60. The van der Waals surface area contributed by atoms with Crippen LogP contribution < -0.4 is 9.64 Å². The van der Waals surface area contributed by atoms with Gasteiger partial charge in [-0.05, 0) is 38.3 Å². The van der Waals surface area contributed by atoms with Crippen molar-refractivity contribution in [2.24, 2.45) is 0 Å². The minimum atomic E-state index is 0.122. The van der Waals surface area contributed by atoms with Gasteiger partial charge in [0.1, 0.15) is 11.5 Å². The maximum atomic E-state index is 12.7. The van der Waals surface area contributed by atoms with Crippen molar-refractivity contribution in [2.75, 3.05) is 24.3 Å². The fraction of sp³-hybridized carbons (Fsp3) is 0.444. The summed E-state index contributed by atoms with van der Waals surface area (Å²) in [6.45, 7) is 4.58. The summed E-state index contributed by atoms with van der Waals surface area (Å²) in [6, 6.07) is 5.98. The highest BCUT2D eigenvalue weighted by atomic mass is 32.2. The molecule has 0 spiro atoms. The van der Waals surface area contributed by atoms with Crippen molar-refractivity contribution in [1.82, 2.24) is 5.16 Å². The topological polar surface area (TPSA) is 55.6 Å². The summed E-state index contributed by atoms with van der Waals surface area (Å²) in [5.41, 5.74) is 4.11. The first-order valence-corrected chi connectivity index (χ1v) is 9.23. The van der Waals surface area contributed by atoms with E-state index in [1.807, 2.05) is 30.9 Å². The number of fused-ring (bicyclic) bond motifs is 1. The molecule has 6 heteroatoms. The summed E-state index contributed by atoms with van der Waals surface area (Å²) in [5, 5.41) is 3.96. The van der Waals surface area contributed by atoms with Crippen molar-refractivity contribution in [3.8, 4) is 5.75 Å². The zero-order valence-corrected chi connectivity index (χ0v) is 15.1. The van der Waals surface area contributed by atoms with Gasteiger partial charge in [0.2, 0.25) is 5.91 Å². The van der Waals surface area contributed by atoms with E-state index in [-0.39, 0.29) is 5.91 Å². The number of amides is 1. The lowest BCUT2D eigenvalue weighted by atomic mass is 10.0. The van der Waals surface area contributed by atoms with Crippen molar-refractivity contribution in [3.05, 3.63) is 40.8 Å². The smallest absolute Gasteiger partial charge is 0.237 e. The highest BCUT2D eigenvalue weighted by Crippen LogP contribution is 2.36. The van der Waals surface area contributed by atoms with Gasteiger partial charge in [-0.1, -0.05) is 17.3 Å². The number of thioether (sulfide) groups is 1. The van der Waals surface area contributed by atoms with Gasteiger partial charge in [-0.25, -0.2) is 0 Å². The molecular formula is C18H22N2O3S. The van der Waals surface area contributed by atoms with Crippen molar-refractivity contribution >= 4 is 23.4 Å². The Balaban J connectivity index is 1.69. The van der Waals surface area contributed by atoms with Gasteiger partial charge in [0.25, 0.3) is 0 Å². The third kappa shape index (κ3) is 3.29. The number of rotatable bonds is 5. The van der Waals surface area contributed by atoms with Gasteiger partial charge in [0.15, 0.2) is 0 Å². The molecule has 1 aromatic carbocycles. The molecule has 0 radical (unpaired) electrons. The van der Waals surface area contributed by atoms with Crippen molar-refractivity contribution in [1.29, 1.82) is 0 Å². The highest BCUT2D eigenvalue weighted by molar-refractivity contribution is 7.99. The number of carbonyl (C=O) groups is 1. The van der Waals surface area contributed by atoms with E-state index in [2.05, 4.69) is 11.2 Å². The number of methoxy groups -OCH3 is 1. The molecule has 2 aromatic rings. The van der Waals surface area contributed by atoms with Crippen LogP contribution in [0.1, 0.15) is 29.0 Å². The first-order valence-electron chi connectivity index (χ1n) is 8.07. The minimum Gasteiger partial charge on any atom is -0.495 e. The second kappa shape index (κ2) is 7.30. The minimum absolute atomic E-state index is 0.122. The zero-order valence-electron chi connectivity index (χ0n) is 14.3. The Hall–Kier alpha value is -1.95. The molecular weight excluding hydrogens is 324 g/mol. The molecule has 2 heterocycles. The van der Waals surface area contributed by atoms with E-state index in [0.717, 1.165) is 53.6 Å². The quantitative estimate of drug-likeness (QED) is 0.829. The highest BCUT2D eigenvalue weighted by Gasteiger charge is 2.25. The lowest BCUT2D eigenvalue weighted by Gasteiger charge is -2.30. The number of nitrogens with zero attached hydrogens (tertiary/aromatic N) is 2. The molecule has 0 unspecified atom stereocenters. The van der Waals surface area contributed by atoms with Gasteiger partial charge in [-0.3, -0.25) is 4.79 Å². The van der Waals surface area contributed by atoms with Gasteiger partial charge in [0.05, 0.1) is 24.2 Å². The number of aryl methyl sites for hydroxylation is 3. The Morgan fingerprint density at radius 3 is 2.96 bits per heavy atom. The average molecular weight is 346 g/mol. The van der Waals surface area contributed by atoms with Crippen LogP contribution >= 0.6 is 11.8 Å². The fourth-order valence-corrected chi connectivity index (χ4v) is 4.10. The average Bonchev–Trinajstić information content (AvgIpc) is 2.92. The Labute approximate surface area is 146 Å². The standard InChI is InChI=1S/C18H22N2O3S/c1-12-15(13(2)23-19-12)10-24-11-17(21)20-9-5-7-14-6-4-8-16(22-3)18(14)20/h4,6,8H,5,7,9-11H2,1-3H3. The number of anilines is 1. The van der Waals surface area contributed by atoms with Crippen LogP contribution in [0.5, 0.6) is 5.75 Å². The summed E-state index contributed by atoms with van der Waals surface area (Å²) < 4.78 is 10.6. The van der Waals surface area contributed by atoms with Crippen LogP contribution in [0.3, 0.4) is 0 Å². The molecule has 128 valence electrons. The molecule has 1 aliphatic rings. The normalized spacial score (nSPS) is 13.7. The molecule has 3 rings (SSSR count). The molecule has 0 N–H and O–H groups in total. The Morgan fingerprint density at radius 1 is 1.42 bits per heavy atom. The van der Waals surface area contributed by atoms with E-state index in [4.69, 9.17) is 9.26 Å². The van der Waals surface area contributed by atoms with Crippen molar-refractivity contribution in [3.63, 3.8) is 0 Å². The molecule has 1 amide bonds. The SMILES string of the molecule is COc1cccc2c1N(C(=O)CSCc1c(C)noc1C)CCC2. The predicted molar refractivity (Wildman–Crippen MR) is 95.8 cm³/mol. The first kappa shape index (κ1) is 16.9. The Kier molecular flexibility index (Phi) is 5.14. The van der Waals surface area contributed by atoms with E-state index in [1.54, 1.807) is 18.9 Å². The van der Waals surface area contributed by atoms with Crippen LogP contribution in [0, 0.1) is 13.8 Å². The van der Waals surface area contributed by atoms with Crippen molar-refractivity contribution in [2.45, 2.75) is 32.4 Å². The van der Waals surface area contributed by atoms with Gasteiger partial charge >= 0.3 is 0 Å². The zero-order chi connectivity index (χ0) is 17.1. The Morgan fingerprint density at radius 2 is 2.25 bits per heavy atom. The lowest BCUT2D eigenvalue weighted by molar-refractivity contribution is -0.116. The molecule has 1 aromatic heterocycles. The molecule has 0 saturated carbocycles. The number of hydrogen-bond donors (Lipinski definition) is 0. The van der Waals surface area contributed by atoms with Crippen LogP contribution in [0.4, 0.5) is 5.69 Å². The van der Waals surface area contributed by atoms with Gasteiger partial charge in [-0.2, -0.15) is 0 Å². The summed E-state index contributed by atoms with van der Waals surface area (Å²) in [4.78, 5) is 14.6. The first-order chi connectivity index (χ1) is 11.6. The third-order valence-corrected chi connectivity index (χ3v) is 5.30. The second-order valence-corrected chi connectivity index (χ2v) is 6.90. The largest absolute Gasteiger partial charge is 0.495 e. The number of aromatic nitrogens is 1. The second-order valence-electron chi connectivity index (χ2n) is 5.91. The lowest BCUT2D eigenvalue weighted by Crippen LogP contribution is -2.37. The maximum Gasteiger partial charge on any atom is 0.237 e. The third-order valence-electron chi connectivity index (χ3n) is 4.35. The number of ether oxygens (including phenoxy) is 1. The van der Waals surface area contributed by atoms with Gasteiger partial charge in [-0.15, -0.1) is 11.8 Å². The van der Waals surface area contributed by atoms with Crippen LogP contribution in [-0.4, -0.2) is 30.5 Å². The maximum absolute atomic E-state index is 12.7. The Bertz CT molecular complexity index is 708. The number of hydrogen-bond acceptors (Lipinski definition) is 5. The van der Waals surface area contributed by atoms with Crippen LogP contribution in [0.15, 0.2) is 22.7 Å². The summed E-state index contributed by atoms with van der Waals surface area (Å²) in [7, 11) is 1.65. The van der Waals surface area contributed by atoms with E-state index in [9.17, 15) is 4.79 Å². The fourth-order valence-electron chi connectivity index (χ4n) is 3.06. The van der Waals surface area contributed by atoms with Gasteiger partial charge < -0.3 is 14.2 Å². The number of carbonyl (C=O) groups excluding carboxylic acids is 1. The molecule has 0 atom stereocenters. The molecule has 5 nitrogen and oxygen atoms in total. The van der Waals surface area contributed by atoms with Crippen molar-refractivity contribution < 1.29 is 14.1 Å². The van der Waals surface area contributed by atoms with E-state index in [0.29, 0.717) is 5.75 Å². The van der Waals surface area contributed by atoms with Crippen LogP contribution in [-0.2, 0) is 17.0 Å². The molecule has 0 saturated heterocycles. The predicted octanol–water partition coefficient (Wildman–Crippen LogP) is 3.51. The molecule has 0 bridgehead atoms. The molecule has 0 fully saturated rings. The number of para-hydroxylation sites is 1. The van der Waals surface area contributed by atoms with E-state index < -0.39 is 0 Å². The summed E-state index contributed by atoms with van der Waals surface area (Å²) in [5.74, 6) is 2.90. The molecule has 24 heavy (non-hydrogen) atoms. The number of benzene rings is 1. The molecule has 0 aliphatic carbocycles. The van der Waals surface area contributed by atoms with Crippen LogP contribution in [0.2, 0.25) is 0 Å². The van der Waals surface area contributed by atoms with E-state index >= 15 is 0 Å². The molecule has 1 aliphatic heterocycles. The van der Waals surface area contributed by atoms with E-state index in [1.165, 1.54) is 5.56 Å². The van der Waals surface area contributed by atoms with Gasteiger partial charge in [0, 0.05) is 17.9 Å². The monoisotopic (exact) mass is 346 g/mol. The van der Waals surface area contributed by atoms with Crippen LogP contribution in [0.25, 0.3) is 0 Å². The summed E-state index contributed by atoms with van der Waals surface area (Å²) in [6.07, 6.45) is 1.98.